The quantitative estimate of drug-likeness (QED) is 0.593. The predicted molar refractivity (Wildman–Crippen MR) is 64.8 cm³/mol. The van der Waals surface area contributed by atoms with Crippen LogP contribution in [0.3, 0.4) is 0 Å². The fourth-order valence-electron chi connectivity index (χ4n) is 2.61. The minimum atomic E-state index is -5.08. The van der Waals surface area contributed by atoms with Crippen molar-refractivity contribution in [3.05, 3.63) is 0 Å². The van der Waals surface area contributed by atoms with Gasteiger partial charge in [-0.1, -0.05) is 0 Å². The van der Waals surface area contributed by atoms with Gasteiger partial charge in [-0.25, -0.2) is 4.79 Å². The summed E-state index contributed by atoms with van der Waals surface area (Å²) in [6.07, 6.45) is -4.11. The van der Waals surface area contributed by atoms with Crippen LogP contribution in [0.5, 0.6) is 0 Å². The Morgan fingerprint density at radius 3 is 1.70 bits per heavy atom. The molecule has 0 amide bonds. The molecule has 1 fully saturated rings. The average molecular weight is 296 g/mol. The number of nitrogens with zero attached hydrogens (tertiary/aromatic N) is 1. The van der Waals surface area contributed by atoms with Crippen LogP contribution in [0.25, 0.3) is 0 Å². The standard InChI is InChI=1S/C10H18N2O.C2HF3O2/c1-8(2)5-10(13,7-11)6-9(3,4)12-8;3-2(4,5)1(6)7/h12-13H,5-6H2,1-4H3;(H,6,7). The highest BCUT2D eigenvalue weighted by atomic mass is 19.4. The molecular weight excluding hydrogens is 277 g/mol. The molecule has 116 valence electrons. The predicted octanol–water partition coefficient (Wildman–Crippen LogP) is 1.81. The largest absolute Gasteiger partial charge is 0.490 e. The van der Waals surface area contributed by atoms with Crippen LogP contribution in [0.2, 0.25) is 0 Å². The number of halogens is 3. The topological polar surface area (TPSA) is 93.4 Å². The molecule has 0 aliphatic carbocycles. The van der Waals surface area contributed by atoms with E-state index in [0.717, 1.165) is 0 Å². The van der Waals surface area contributed by atoms with Crippen molar-refractivity contribution in [1.82, 2.24) is 5.32 Å². The second-order valence-electron chi connectivity index (χ2n) is 6.19. The van der Waals surface area contributed by atoms with Gasteiger partial charge >= 0.3 is 12.1 Å². The summed E-state index contributed by atoms with van der Waals surface area (Å²) in [5, 5.41) is 29.4. The Morgan fingerprint density at radius 1 is 1.20 bits per heavy atom. The average Bonchev–Trinajstić information content (AvgIpc) is 2.11. The number of nitriles is 1. The Hall–Kier alpha value is -1.33. The summed E-state index contributed by atoms with van der Waals surface area (Å²) in [7, 11) is 0. The molecular formula is C12H19F3N2O3. The fraction of sp³-hybridized carbons (Fsp3) is 0.833. The monoisotopic (exact) mass is 296 g/mol. The van der Waals surface area contributed by atoms with E-state index in [2.05, 4.69) is 5.32 Å². The van der Waals surface area contributed by atoms with Gasteiger partial charge in [0.15, 0.2) is 5.60 Å². The van der Waals surface area contributed by atoms with Gasteiger partial charge in [0.1, 0.15) is 0 Å². The maximum absolute atomic E-state index is 10.6. The summed E-state index contributed by atoms with van der Waals surface area (Å²) < 4.78 is 31.7. The van der Waals surface area contributed by atoms with Gasteiger partial charge in [-0.2, -0.15) is 18.4 Å². The number of nitrogens with one attached hydrogen (secondary N) is 1. The summed E-state index contributed by atoms with van der Waals surface area (Å²) in [5.41, 5.74) is -1.52. The molecule has 1 aliphatic heterocycles. The second-order valence-corrected chi connectivity index (χ2v) is 6.19. The Labute approximate surface area is 115 Å². The first kappa shape index (κ1) is 18.7. The molecule has 0 spiro atoms. The van der Waals surface area contributed by atoms with Crippen LogP contribution < -0.4 is 5.32 Å². The Bertz CT molecular complexity index is 395. The molecule has 3 N–H and O–H groups in total. The molecule has 0 aromatic carbocycles. The molecule has 0 unspecified atom stereocenters. The summed E-state index contributed by atoms with van der Waals surface area (Å²) in [6, 6.07) is 2.01. The molecule has 20 heavy (non-hydrogen) atoms. The molecule has 0 aromatic heterocycles. The minimum absolute atomic E-state index is 0.174. The number of alkyl halides is 3. The van der Waals surface area contributed by atoms with Crippen LogP contribution in [0, 0.1) is 11.3 Å². The summed E-state index contributed by atoms with van der Waals surface area (Å²) in [6.45, 7) is 8.04. The van der Waals surface area contributed by atoms with Gasteiger partial charge in [-0.15, -0.1) is 0 Å². The maximum atomic E-state index is 10.6. The molecule has 0 bridgehead atoms. The Morgan fingerprint density at radius 2 is 1.50 bits per heavy atom. The fourth-order valence-corrected chi connectivity index (χ4v) is 2.61. The molecule has 8 heteroatoms. The highest BCUT2D eigenvalue weighted by Crippen LogP contribution is 2.35. The summed E-state index contributed by atoms with van der Waals surface area (Å²) >= 11 is 0. The maximum Gasteiger partial charge on any atom is 0.490 e. The number of carboxylic acid groups (broad SMARTS) is 1. The number of carboxylic acids is 1. The number of aliphatic carboxylic acids is 1. The summed E-state index contributed by atoms with van der Waals surface area (Å²) in [4.78, 5) is 8.90. The zero-order valence-electron chi connectivity index (χ0n) is 11.8. The van der Waals surface area contributed by atoms with Crippen molar-refractivity contribution in [2.75, 3.05) is 0 Å². The van der Waals surface area contributed by atoms with E-state index >= 15 is 0 Å². The molecule has 0 atom stereocenters. The third kappa shape index (κ3) is 6.21. The lowest BCUT2D eigenvalue weighted by Crippen LogP contribution is -2.63. The number of hydrogen-bond donors (Lipinski definition) is 3. The molecule has 1 heterocycles. The molecule has 0 radical (unpaired) electrons. The van der Waals surface area contributed by atoms with Gasteiger partial charge in [-0.05, 0) is 27.7 Å². The van der Waals surface area contributed by atoms with Crippen molar-refractivity contribution >= 4 is 5.97 Å². The number of carbonyl (C=O) groups is 1. The normalized spacial score (nSPS) is 22.9. The van der Waals surface area contributed by atoms with Crippen LogP contribution in [0.4, 0.5) is 13.2 Å². The lowest BCUT2D eigenvalue weighted by molar-refractivity contribution is -0.192. The third-order valence-corrected chi connectivity index (χ3v) is 2.60. The van der Waals surface area contributed by atoms with Gasteiger partial charge in [0, 0.05) is 23.9 Å². The van der Waals surface area contributed by atoms with Crippen LogP contribution in [0.15, 0.2) is 0 Å². The zero-order chi connectivity index (χ0) is 16.4. The van der Waals surface area contributed by atoms with Crippen molar-refractivity contribution in [1.29, 1.82) is 5.26 Å². The second kappa shape index (κ2) is 5.58. The van der Waals surface area contributed by atoms with Gasteiger partial charge in [-0.3, -0.25) is 0 Å². The minimum Gasteiger partial charge on any atom is -0.475 e. The van der Waals surface area contributed by atoms with Crippen molar-refractivity contribution in [2.24, 2.45) is 0 Å². The lowest BCUT2D eigenvalue weighted by Gasteiger charge is -2.47. The van der Waals surface area contributed by atoms with E-state index in [1.165, 1.54) is 0 Å². The Kier molecular flexibility index (Phi) is 5.21. The van der Waals surface area contributed by atoms with E-state index in [0.29, 0.717) is 12.8 Å². The van der Waals surface area contributed by atoms with E-state index in [-0.39, 0.29) is 11.1 Å². The van der Waals surface area contributed by atoms with Crippen LogP contribution in [-0.4, -0.2) is 39.0 Å². The van der Waals surface area contributed by atoms with Crippen molar-refractivity contribution < 1.29 is 28.2 Å². The lowest BCUT2D eigenvalue weighted by atomic mass is 9.74. The smallest absolute Gasteiger partial charge is 0.475 e. The van der Waals surface area contributed by atoms with E-state index in [1.54, 1.807) is 0 Å². The summed E-state index contributed by atoms with van der Waals surface area (Å²) in [5.74, 6) is -2.76. The van der Waals surface area contributed by atoms with Gasteiger partial charge in [0.05, 0.1) is 6.07 Å². The van der Waals surface area contributed by atoms with Crippen molar-refractivity contribution in [3.63, 3.8) is 0 Å². The number of piperidine rings is 1. The first-order valence-corrected chi connectivity index (χ1v) is 5.86. The molecule has 1 saturated heterocycles. The highest BCUT2D eigenvalue weighted by molar-refractivity contribution is 5.73. The number of hydrogen-bond acceptors (Lipinski definition) is 4. The molecule has 0 saturated carbocycles. The van der Waals surface area contributed by atoms with Gasteiger partial charge < -0.3 is 15.5 Å². The molecule has 5 nitrogen and oxygen atoms in total. The van der Waals surface area contributed by atoms with Crippen LogP contribution in [0.1, 0.15) is 40.5 Å². The first-order chi connectivity index (χ1) is 8.63. The Balaban J connectivity index is 0.000000441. The molecule has 1 aliphatic rings. The SMILES string of the molecule is CC1(C)CC(O)(C#N)CC(C)(C)N1.O=C(O)C(F)(F)F. The highest BCUT2D eigenvalue weighted by Gasteiger charge is 2.46. The number of aliphatic hydroxyl groups is 1. The first-order valence-electron chi connectivity index (χ1n) is 5.86. The van der Waals surface area contributed by atoms with E-state index in [9.17, 15) is 18.3 Å². The molecule has 0 aromatic rings. The van der Waals surface area contributed by atoms with E-state index in [4.69, 9.17) is 15.2 Å². The van der Waals surface area contributed by atoms with Crippen molar-refractivity contribution in [2.45, 2.75) is 63.4 Å². The van der Waals surface area contributed by atoms with Gasteiger partial charge in [0.25, 0.3) is 0 Å². The van der Waals surface area contributed by atoms with Gasteiger partial charge in [0.2, 0.25) is 0 Å². The zero-order valence-corrected chi connectivity index (χ0v) is 11.8. The third-order valence-electron chi connectivity index (χ3n) is 2.60. The van der Waals surface area contributed by atoms with Crippen molar-refractivity contribution in [3.8, 4) is 6.07 Å². The van der Waals surface area contributed by atoms with E-state index < -0.39 is 17.7 Å². The number of rotatable bonds is 0. The molecule has 1 rings (SSSR count). The van der Waals surface area contributed by atoms with Crippen LogP contribution in [-0.2, 0) is 4.79 Å². The van der Waals surface area contributed by atoms with Crippen LogP contribution >= 0.6 is 0 Å². The van der Waals surface area contributed by atoms with E-state index in [1.807, 2.05) is 33.8 Å².